The monoisotopic (exact) mass is 404 g/mol. The zero-order chi connectivity index (χ0) is 20.1. The van der Waals surface area contributed by atoms with E-state index in [1.807, 2.05) is 0 Å². The van der Waals surface area contributed by atoms with E-state index in [4.69, 9.17) is 8.85 Å². The lowest BCUT2D eigenvalue weighted by Crippen LogP contribution is -2.55. The first-order chi connectivity index (χ1) is 12.4. The molecule has 0 saturated carbocycles. The van der Waals surface area contributed by atoms with E-state index < -0.39 is 16.8 Å². The van der Waals surface area contributed by atoms with Gasteiger partial charge in [-0.3, -0.25) is 0 Å². The van der Waals surface area contributed by atoms with Crippen molar-refractivity contribution in [1.82, 2.24) is 9.47 Å². The molecule has 158 valence electrons. The fourth-order valence-corrected chi connectivity index (χ4v) is 10.6. The second-order valence-electron chi connectivity index (χ2n) is 7.40. The maximum atomic E-state index is 6.05. The van der Waals surface area contributed by atoms with Crippen LogP contribution >= 0.6 is 0 Å². The molecule has 0 amide bonds. The molecular formula is C20H48N2O2Si2. The molecule has 0 aliphatic carbocycles. The Hall–Kier alpha value is 0.274. The third-order valence-corrected chi connectivity index (χ3v) is 15.0. The molecule has 0 spiro atoms. The second-order valence-corrected chi connectivity index (χ2v) is 15.9. The summed E-state index contributed by atoms with van der Waals surface area (Å²) in [5, 5.41) is 0. The zero-order valence-electron chi connectivity index (χ0n) is 19.2. The summed E-state index contributed by atoms with van der Waals surface area (Å²) in [7, 11) is -3.32. The van der Waals surface area contributed by atoms with Crippen LogP contribution in [-0.4, -0.2) is 72.2 Å². The molecule has 0 aromatic rings. The van der Waals surface area contributed by atoms with E-state index in [1.165, 1.54) is 44.2 Å². The average Bonchev–Trinajstić information content (AvgIpc) is 2.64. The molecule has 0 rings (SSSR count). The van der Waals surface area contributed by atoms with Gasteiger partial charge in [-0.05, 0) is 70.6 Å². The highest BCUT2D eigenvalue weighted by molar-refractivity contribution is 6.77. The zero-order valence-corrected chi connectivity index (χ0v) is 21.2. The molecule has 0 radical (unpaired) electrons. The Kier molecular flexibility index (Phi) is 14.4. The molecule has 0 atom stereocenters. The number of nitrogens with zero attached hydrogens (tertiary/aromatic N) is 2. The van der Waals surface area contributed by atoms with Gasteiger partial charge in [-0.25, -0.2) is 0 Å². The predicted molar refractivity (Wildman–Crippen MR) is 121 cm³/mol. The normalized spacial score (nSPS) is 13.2. The minimum absolute atomic E-state index is 0.770. The topological polar surface area (TPSA) is 24.9 Å². The molecule has 0 heterocycles. The smallest absolute Gasteiger partial charge is 0.334 e. The molecule has 0 fully saturated rings. The van der Waals surface area contributed by atoms with Gasteiger partial charge in [0.1, 0.15) is 8.24 Å². The van der Waals surface area contributed by atoms with Crippen molar-refractivity contribution in [2.45, 2.75) is 85.6 Å². The summed E-state index contributed by atoms with van der Waals surface area (Å²) in [6, 6.07) is 5.20. The van der Waals surface area contributed by atoms with Crippen LogP contribution in [0.1, 0.15) is 54.9 Å². The Bertz CT molecular complexity index is 324. The van der Waals surface area contributed by atoms with Gasteiger partial charge in [0, 0.05) is 26.3 Å². The molecule has 26 heavy (non-hydrogen) atoms. The van der Waals surface area contributed by atoms with Crippen LogP contribution in [0.3, 0.4) is 0 Å². The summed E-state index contributed by atoms with van der Waals surface area (Å²) in [6.07, 6.45) is 1.20. The van der Waals surface area contributed by atoms with E-state index in [-0.39, 0.29) is 0 Å². The van der Waals surface area contributed by atoms with Crippen LogP contribution in [0.4, 0.5) is 0 Å². The van der Waals surface area contributed by atoms with Crippen molar-refractivity contribution < 1.29 is 8.85 Å². The van der Waals surface area contributed by atoms with E-state index in [9.17, 15) is 0 Å². The van der Waals surface area contributed by atoms with Crippen LogP contribution in [0.2, 0.25) is 30.7 Å². The van der Waals surface area contributed by atoms with Crippen molar-refractivity contribution in [3.05, 3.63) is 0 Å². The first-order valence-corrected chi connectivity index (χ1v) is 16.2. The van der Waals surface area contributed by atoms with E-state index >= 15 is 0 Å². The third-order valence-electron chi connectivity index (χ3n) is 6.18. The predicted octanol–water partition coefficient (Wildman–Crippen LogP) is 5.17. The van der Waals surface area contributed by atoms with E-state index in [0.717, 1.165) is 32.3 Å². The number of likely N-dealkylation sites (N-methyl/N-ethyl adjacent to an activating group) is 1. The minimum atomic E-state index is -1.99. The lowest BCUT2D eigenvalue weighted by molar-refractivity contribution is 0.187. The van der Waals surface area contributed by atoms with Crippen molar-refractivity contribution in [2.24, 2.45) is 0 Å². The average molecular weight is 405 g/mol. The van der Waals surface area contributed by atoms with Crippen LogP contribution in [0.15, 0.2) is 0 Å². The Morgan fingerprint density at radius 1 is 0.692 bits per heavy atom. The maximum Gasteiger partial charge on any atom is 0.334 e. The van der Waals surface area contributed by atoms with Gasteiger partial charge in [-0.1, -0.05) is 34.6 Å². The largest absolute Gasteiger partial charge is 0.395 e. The van der Waals surface area contributed by atoms with Crippen molar-refractivity contribution in [3.8, 4) is 0 Å². The first kappa shape index (κ1) is 26.3. The summed E-state index contributed by atoms with van der Waals surface area (Å²) in [5.41, 5.74) is 0. The van der Waals surface area contributed by atoms with Gasteiger partial charge >= 0.3 is 8.56 Å². The van der Waals surface area contributed by atoms with Gasteiger partial charge in [-0.2, -0.15) is 0 Å². The number of rotatable bonds is 17. The van der Waals surface area contributed by atoms with Crippen LogP contribution in [-0.2, 0) is 8.85 Å². The van der Waals surface area contributed by atoms with Crippen LogP contribution in [0.5, 0.6) is 0 Å². The Morgan fingerprint density at radius 2 is 1.19 bits per heavy atom. The van der Waals surface area contributed by atoms with Gasteiger partial charge in [0.15, 0.2) is 0 Å². The second kappa shape index (κ2) is 14.3. The molecule has 0 saturated heterocycles. The Morgan fingerprint density at radius 3 is 1.58 bits per heavy atom. The van der Waals surface area contributed by atoms with E-state index in [0.29, 0.717) is 0 Å². The minimum Gasteiger partial charge on any atom is -0.395 e. The van der Waals surface area contributed by atoms with Crippen molar-refractivity contribution in [2.75, 3.05) is 45.9 Å². The summed E-state index contributed by atoms with van der Waals surface area (Å²) >= 11 is 0. The van der Waals surface area contributed by atoms with Gasteiger partial charge < -0.3 is 18.3 Å². The van der Waals surface area contributed by atoms with Crippen LogP contribution in [0.25, 0.3) is 0 Å². The molecule has 0 aliphatic heterocycles. The molecule has 0 N–H and O–H groups in total. The summed E-state index contributed by atoms with van der Waals surface area (Å²) in [6.45, 7) is 25.7. The van der Waals surface area contributed by atoms with Gasteiger partial charge in [-0.15, -0.1) is 0 Å². The van der Waals surface area contributed by atoms with E-state index in [1.54, 1.807) is 0 Å². The van der Waals surface area contributed by atoms with Gasteiger partial charge in [0.2, 0.25) is 0 Å². The molecular weight excluding hydrogens is 356 g/mol. The third kappa shape index (κ3) is 8.52. The SMILES string of the molecule is CCO[Si](C)(CCCN(CCN(CC)CC)[Si](CC)(CC)CC)OCC. The van der Waals surface area contributed by atoms with Crippen LogP contribution in [0, 0.1) is 0 Å². The summed E-state index contributed by atoms with van der Waals surface area (Å²) < 4.78 is 15.0. The molecule has 0 aliphatic rings. The summed E-state index contributed by atoms with van der Waals surface area (Å²) in [4.78, 5) is 2.56. The maximum absolute atomic E-state index is 6.05. The van der Waals surface area contributed by atoms with Gasteiger partial charge in [0.25, 0.3) is 0 Å². The molecule has 0 bridgehead atoms. The van der Waals surface area contributed by atoms with Crippen molar-refractivity contribution in [3.63, 3.8) is 0 Å². The molecule has 0 unspecified atom stereocenters. The standard InChI is InChI=1S/C20H48N2O2Si2/c1-9-21(10-2)18-19-22(26(13-5,14-6)15-7)17-16-20-25(8,23-11-3)24-12-4/h9-20H2,1-8H3. The fraction of sp³-hybridized carbons (Fsp3) is 1.00. The first-order valence-electron chi connectivity index (χ1n) is 11.2. The fourth-order valence-electron chi connectivity index (χ4n) is 4.20. The number of hydrogen-bond donors (Lipinski definition) is 0. The van der Waals surface area contributed by atoms with Gasteiger partial charge in [0.05, 0.1) is 0 Å². The quantitative estimate of drug-likeness (QED) is 0.312. The molecule has 0 aromatic carbocycles. The molecule has 6 heteroatoms. The summed E-state index contributed by atoms with van der Waals surface area (Å²) in [5.74, 6) is 0. The molecule has 0 aromatic heterocycles. The lowest BCUT2D eigenvalue weighted by atomic mass is 10.4. The highest BCUT2D eigenvalue weighted by Crippen LogP contribution is 2.26. The highest BCUT2D eigenvalue weighted by atomic mass is 28.4. The van der Waals surface area contributed by atoms with E-state index in [2.05, 4.69) is 64.5 Å². The lowest BCUT2D eigenvalue weighted by Gasteiger charge is -2.42. The van der Waals surface area contributed by atoms with Crippen LogP contribution < -0.4 is 0 Å². The Balaban J connectivity index is 4.99. The highest BCUT2D eigenvalue weighted by Gasteiger charge is 2.35. The number of hydrogen-bond acceptors (Lipinski definition) is 4. The Labute approximate surface area is 167 Å². The van der Waals surface area contributed by atoms with Crippen molar-refractivity contribution in [1.29, 1.82) is 0 Å². The van der Waals surface area contributed by atoms with Crippen molar-refractivity contribution >= 4 is 16.8 Å². The molecule has 4 nitrogen and oxygen atoms in total.